The van der Waals surface area contributed by atoms with Crippen molar-refractivity contribution in [3.8, 4) is 5.88 Å². The van der Waals surface area contributed by atoms with Crippen molar-refractivity contribution < 1.29 is 14.3 Å². The number of methoxy groups -OCH3 is 1. The Balaban J connectivity index is 2.85. The molecule has 0 amide bonds. The fourth-order valence-corrected chi connectivity index (χ4v) is 1.87. The van der Waals surface area contributed by atoms with Gasteiger partial charge < -0.3 is 14.4 Å². The van der Waals surface area contributed by atoms with Crippen LogP contribution in [0, 0.1) is 12.8 Å². The molecule has 0 spiro atoms. The van der Waals surface area contributed by atoms with Gasteiger partial charge in [-0.1, -0.05) is 6.92 Å². The summed E-state index contributed by atoms with van der Waals surface area (Å²) in [4.78, 5) is 21.7. The van der Waals surface area contributed by atoms with Crippen LogP contribution in [0.1, 0.15) is 19.4 Å². The Hall–Kier alpha value is -1.85. The number of hydrogen-bond acceptors (Lipinski definition) is 6. The van der Waals surface area contributed by atoms with E-state index >= 15 is 0 Å². The predicted molar refractivity (Wildman–Crippen MR) is 72.4 cm³/mol. The summed E-state index contributed by atoms with van der Waals surface area (Å²) >= 11 is 0. The lowest BCUT2D eigenvalue weighted by molar-refractivity contribution is -0.144. The van der Waals surface area contributed by atoms with E-state index in [0.29, 0.717) is 19.0 Å². The summed E-state index contributed by atoms with van der Waals surface area (Å²) in [5.74, 6) is 0.878. The normalized spacial score (nSPS) is 11.8. The van der Waals surface area contributed by atoms with Gasteiger partial charge in [-0.15, -0.1) is 0 Å². The highest BCUT2D eigenvalue weighted by Crippen LogP contribution is 2.23. The highest BCUT2D eigenvalue weighted by Gasteiger charge is 2.18. The van der Waals surface area contributed by atoms with Crippen LogP contribution in [-0.4, -0.2) is 43.2 Å². The maximum Gasteiger partial charge on any atom is 0.310 e. The smallest absolute Gasteiger partial charge is 0.310 e. The first-order chi connectivity index (χ1) is 9.01. The van der Waals surface area contributed by atoms with Crippen LogP contribution in [0.15, 0.2) is 6.33 Å². The minimum Gasteiger partial charge on any atom is -0.478 e. The first-order valence-electron chi connectivity index (χ1n) is 6.24. The topological polar surface area (TPSA) is 64.6 Å². The number of hydrogen-bond donors (Lipinski definition) is 0. The Labute approximate surface area is 113 Å². The van der Waals surface area contributed by atoms with Gasteiger partial charge in [-0.25, -0.2) is 9.97 Å². The van der Waals surface area contributed by atoms with E-state index in [4.69, 9.17) is 9.47 Å². The predicted octanol–water partition coefficient (Wildman–Crippen LogP) is 1.43. The van der Waals surface area contributed by atoms with Crippen LogP contribution in [-0.2, 0) is 9.53 Å². The van der Waals surface area contributed by atoms with Crippen molar-refractivity contribution >= 4 is 11.8 Å². The number of carbonyl (C=O) groups excluding carboxylic acids is 1. The second-order valence-electron chi connectivity index (χ2n) is 4.37. The molecule has 0 aliphatic rings. The summed E-state index contributed by atoms with van der Waals surface area (Å²) in [6.45, 7) is 6.71. The molecule has 1 aromatic rings. The Kier molecular flexibility index (Phi) is 5.54. The second kappa shape index (κ2) is 6.92. The van der Waals surface area contributed by atoms with Crippen molar-refractivity contribution in [2.45, 2.75) is 20.8 Å². The maximum absolute atomic E-state index is 11.4. The Bertz CT molecular complexity index is 437. The van der Waals surface area contributed by atoms with Gasteiger partial charge in [0.1, 0.15) is 12.1 Å². The Morgan fingerprint density at radius 3 is 2.74 bits per heavy atom. The van der Waals surface area contributed by atoms with Crippen molar-refractivity contribution in [2.24, 2.45) is 5.92 Å². The molecule has 0 aromatic carbocycles. The van der Waals surface area contributed by atoms with Crippen molar-refractivity contribution in [3.05, 3.63) is 11.9 Å². The first kappa shape index (κ1) is 15.2. The van der Waals surface area contributed by atoms with Crippen molar-refractivity contribution in [1.29, 1.82) is 0 Å². The van der Waals surface area contributed by atoms with E-state index in [9.17, 15) is 4.79 Å². The van der Waals surface area contributed by atoms with E-state index in [1.807, 2.05) is 32.7 Å². The molecule has 0 aliphatic carbocycles. The zero-order valence-electron chi connectivity index (χ0n) is 12.1. The number of nitrogens with zero attached hydrogens (tertiary/aromatic N) is 3. The molecule has 0 N–H and O–H groups in total. The fourth-order valence-electron chi connectivity index (χ4n) is 1.87. The molecule has 0 radical (unpaired) electrons. The molecule has 1 aromatic heterocycles. The quantitative estimate of drug-likeness (QED) is 0.726. The number of carbonyl (C=O) groups is 1. The highest BCUT2D eigenvalue weighted by atomic mass is 16.5. The third-order valence-corrected chi connectivity index (χ3v) is 2.81. The molecular formula is C13H21N3O3. The lowest BCUT2D eigenvalue weighted by atomic mass is 10.1. The van der Waals surface area contributed by atoms with Gasteiger partial charge in [0, 0.05) is 13.6 Å². The third-order valence-electron chi connectivity index (χ3n) is 2.81. The standard InChI is InChI=1S/C13H21N3O3/c1-6-19-12-10(3)11(14-8-15-12)16(4)7-9(2)13(17)18-5/h8-9H,6-7H2,1-5H3. The average Bonchev–Trinajstić information content (AvgIpc) is 2.40. The molecule has 1 rings (SSSR count). The van der Waals surface area contributed by atoms with Crippen LogP contribution < -0.4 is 9.64 Å². The lowest BCUT2D eigenvalue weighted by Crippen LogP contribution is -2.30. The van der Waals surface area contributed by atoms with Gasteiger partial charge in [-0.05, 0) is 13.8 Å². The summed E-state index contributed by atoms with van der Waals surface area (Å²) in [5, 5.41) is 0. The van der Waals surface area contributed by atoms with E-state index in [1.165, 1.54) is 13.4 Å². The number of aromatic nitrogens is 2. The zero-order chi connectivity index (χ0) is 14.4. The third kappa shape index (κ3) is 3.81. The molecule has 6 heteroatoms. The van der Waals surface area contributed by atoms with Crippen molar-refractivity contribution in [3.63, 3.8) is 0 Å². The maximum atomic E-state index is 11.4. The summed E-state index contributed by atoms with van der Waals surface area (Å²) in [5.41, 5.74) is 0.865. The van der Waals surface area contributed by atoms with Gasteiger partial charge in [-0.3, -0.25) is 4.79 Å². The molecule has 0 saturated heterocycles. The number of ether oxygens (including phenoxy) is 2. The summed E-state index contributed by atoms with van der Waals surface area (Å²) < 4.78 is 10.1. The summed E-state index contributed by atoms with van der Waals surface area (Å²) in [7, 11) is 3.27. The zero-order valence-corrected chi connectivity index (χ0v) is 12.1. The fraction of sp³-hybridized carbons (Fsp3) is 0.615. The number of rotatable bonds is 6. The minimum absolute atomic E-state index is 0.222. The molecular weight excluding hydrogens is 246 g/mol. The monoisotopic (exact) mass is 267 g/mol. The molecule has 106 valence electrons. The molecule has 19 heavy (non-hydrogen) atoms. The minimum atomic E-state index is -0.233. The van der Waals surface area contributed by atoms with Gasteiger partial charge in [0.15, 0.2) is 0 Å². The molecule has 6 nitrogen and oxygen atoms in total. The van der Waals surface area contributed by atoms with Crippen LogP contribution in [0.25, 0.3) is 0 Å². The summed E-state index contributed by atoms with van der Waals surface area (Å²) in [6, 6.07) is 0. The van der Waals surface area contributed by atoms with Crippen LogP contribution in [0.5, 0.6) is 5.88 Å². The van der Waals surface area contributed by atoms with Crippen LogP contribution in [0.4, 0.5) is 5.82 Å². The second-order valence-corrected chi connectivity index (χ2v) is 4.37. The molecule has 0 fully saturated rings. The number of anilines is 1. The van der Waals surface area contributed by atoms with Crippen molar-refractivity contribution in [2.75, 3.05) is 32.2 Å². The summed E-state index contributed by atoms with van der Waals surface area (Å²) in [6.07, 6.45) is 1.46. The SMILES string of the molecule is CCOc1ncnc(N(C)CC(C)C(=O)OC)c1C. The Morgan fingerprint density at radius 2 is 2.16 bits per heavy atom. The molecule has 1 unspecified atom stereocenters. The molecule has 0 bridgehead atoms. The van der Waals surface area contributed by atoms with Gasteiger partial charge in [0.25, 0.3) is 0 Å². The van der Waals surface area contributed by atoms with Crippen LogP contribution >= 0.6 is 0 Å². The van der Waals surface area contributed by atoms with Crippen molar-refractivity contribution in [1.82, 2.24) is 9.97 Å². The van der Waals surface area contributed by atoms with E-state index in [2.05, 4.69) is 9.97 Å². The molecule has 1 heterocycles. The molecule has 0 saturated carbocycles. The molecule has 1 atom stereocenters. The van der Waals surface area contributed by atoms with Gasteiger partial charge in [0.2, 0.25) is 5.88 Å². The van der Waals surface area contributed by atoms with E-state index in [-0.39, 0.29) is 11.9 Å². The highest BCUT2D eigenvalue weighted by molar-refractivity contribution is 5.72. The van der Waals surface area contributed by atoms with Crippen LogP contribution in [0.3, 0.4) is 0 Å². The van der Waals surface area contributed by atoms with Gasteiger partial charge in [-0.2, -0.15) is 0 Å². The van der Waals surface area contributed by atoms with E-state index in [1.54, 1.807) is 0 Å². The average molecular weight is 267 g/mol. The van der Waals surface area contributed by atoms with E-state index < -0.39 is 0 Å². The van der Waals surface area contributed by atoms with E-state index in [0.717, 1.165) is 11.4 Å². The van der Waals surface area contributed by atoms with Gasteiger partial charge >= 0.3 is 5.97 Å². The van der Waals surface area contributed by atoms with Gasteiger partial charge in [0.05, 0.1) is 25.2 Å². The Morgan fingerprint density at radius 1 is 1.47 bits per heavy atom. The molecule has 0 aliphatic heterocycles. The lowest BCUT2D eigenvalue weighted by Gasteiger charge is -2.23. The van der Waals surface area contributed by atoms with Crippen LogP contribution in [0.2, 0.25) is 0 Å². The number of esters is 1. The largest absolute Gasteiger partial charge is 0.478 e. The first-order valence-corrected chi connectivity index (χ1v) is 6.24.